The minimum absolute atomic E-state index is 0.0193. The van der Waals surface area contributed by atoms with Gasteiger partial charge in [0.05, 0.1) is 18.5 Å². The Hall–Kier alpha value is -1.75. The fraction of sp³-hybridized carbons (Fsp3) is 0.562. The van der Waals surface area contributed by atoms with E-state index in [1.165, 1.54) is 19.3 Å². The summed E-state index contributed by atoms with van der Waals surface area (Å²) in [6, 6.07) is 5.24. The first-order valence-electron chi connectivity index (χ1n) is 7.48. The largest absolute Gasteiger partial charge is 0.497 e. The van der Waals surface area contributed by atoms with Crippen LogP contribution in [-0.2, 0) is 4.79 Å². The molecule has 0 unspecified atom stereocenters. The van der Waals surface area contributed by atoms with Crippen LogP contribution in [-0.4, -0.2) is 38.1 Å². The van der Waals surface area contributed by atoms with Crippen molar-refractivity contribution in [3.63, 3.8) is 0 Å². The molecular formula is C16H27N3O2. The minimum Gasteiger partial charge on any atom is -0.497 e. The van der Waals surface area contributed by atoms with Gasteiger partial charge in [-0.05, 0) is 32.1 Å². The number of rotatable bonds is 9. The van der Waals surface area contributed by atoms with Crippen LogP contribution in [0.1, 0.15) is 32.6 Å². The third-order valence-corrected chi connectivity index (χ3v) is 3.40. The van der Waals surface area contributed by atoms with Crippen molar-refractivity contribution in [2.24, 2.45) is 0 Å². The Morgan fingerprint density at radius 1 is 1.33 bits per heavy atom. The number of nitrogens with zero attached hydrogens (tertiary/aromatic N) is 1. The smallest absolute Gasteiger partial charge is 0.225 e. The van der Waals surface area contributed by atoms with Gasteiger partial charge in [0.15, 0.2) is 0 Å². The summed E-state index contributed by atoms with van der Waals surface area (Å²) in [6.45, 7) is 3.98. The zero-order valence-corrected chi connectivity index (χ0v) is 13.3. The number of carbonyl (C=O) groups excluding carboxylic acids is 1. The van der Waals surface area contributed by atoms with Crippen LogP contribution in [0, 0.1) is 0 Å². The predicted molar refractivity (Wildman–Crippen MR) is 87.7 cm³/mol. The minimum atomic E-state index is -0.0193. The molecule has 0 aromatic heterocycles. The second-order valence-corrected chi connectivity index (χ2v) is 5.26. The van der Waals surface area contributed by atoms with E-state index < -0.39 is 0 Å². The van der Waals surface area contributed by atoms with Crippen LogP contribution in [0.4, 0.5) is 11.4 Å². The lowest BCUT2D eigenvalue weighted by atomic mass is 10.2. The summed E-state index contributed by atoms with van der Waals surface area (Å²) in [7, 11) is 3.63. The SMILES string of the molecule is CCCCCN(C)CCC(=O)Nc1ccc(OC)cc1N. The zero-order valence-electron chi connectivity index (χ0n) is 13.3. The van der Waals surface area contributed by atoms with Gasteiger partial charge < -0.3 is 20.7 Å². The van der Waals surface area contributed by atoms with E-state index in [1.54, 1.807) is 25.3 Å². The predicted octanol–water partition coefficient (Wildman–Crippen LogP) is 2.73. The second kappa shape index (κ2) is 9.23. The maximum atomic E-state index is 11.9. The summed E-state index contributed by atoms with van der Waals surface area (Å²) in [5.74, 6) is 0.662. The average molecular weight is 293 g/mol. The summed E-state index contributed by atoms with van der Waals surface area (Å²) in [5, 5.41) is 2.84. The van der Waals surface area contributed by atoms with E-state index in [2.05, 4.69) is 17.1 Å². The molecule has 0 atom stereocenters. The molecule has 0 spiro atoms. The Bertz CT molecular complexity index is 449. The van der Waals surface area contributed by atoms with E-state index in [4.69, 9.17) is 10.5 Å². The summed E-state index contributed by atoms with van der Waals surface area (Å²) >= 11 is 0. The van der Waals surface area contributed by atoms with Crippen LogP contribution < -0.4 is 15.8 Å². The molecule has 0 aliphatic heterocycles. The average Bonchev–Trinajstić information content (AvgIpc) is 2.47. The highest BCUT2D eigenvalue weighted by molar-refractivity contribution is 5.94. The number of nitrogens with one attached hydrogen (secondary N) is 1. The molecule has 0 bridgehead atoms. The number of anilines is 2. The van der Waals surface area contributed by atoms with Crippen molar-refractivity contribution in [2.45, 2.75) is 32.6 Å². The van der Waals surface area contributed by atoms with Crippen molar-refractivity contribution in [3.8, 4) is 5.75 Å². The van der Waals surface area contributed by atoms with Crippen molar-refractivity contribution < 1.29 is 9.53 Å². The van der Waals surface area contributed by atoms with Gasteiger partial charge in [0, 0.05) is 19.0 Å². The Balaban J connectivity index is 2.36. The van der Waals surface area contributed by atoms with Crippen LogP contribution >= 0.6 is 0 Å². The molecule has 1 aromatic carbocycles. The molecule has 21 heavy (non-hydrogen) atoms. The molecule has 0 aliphatic carbocycles. The lowest BCUT2D eigenvalue weighted by Gasteiger charge is -2.16. The Morgan fingerprint density at radius 2 is 2.10 bits per heavy atom. The number of unbranched alkanes of at least 4 members (excludes halogenated alkanes) is 2. The van der Waals surface area contributed by atoms with Crippen LogP contribution in [0.3, 0.4) is 0 Å². The number of ether oxygens (including phenoxy) is 1. The lowest BCUT2D eigenvalue weighted by Crippen LogP contribution is -2.25. The fourth-order valence-corrected chi connectivity index (χ4v) is 2.03. The van der Waals surface area contributed by atoms with Crippen molar-refractivity contribution in [3.05, 3.63) is 18.2 Å². The van der Waals surface area contributed by atoms with Gasteiger partial charge in [-0.2, -0.15) is 0 Å². The number of nitrogens with two attached hydrogens (primary N) is 1. The maximum Gasteiger partial charge on any atom is 0.225 e. The van der Waals surface area contributed by atoms with Crippen molar-refractivity contribution in [2.75, 3.05) is 38.3 Å². The van der Waals surface area contributed by atoms with E-state index in [9.17, 15) is 4.79 Å². The van der Waals surface area contributed by atoms with Crippen LogP contribution in [0.2, 0.25) is 0 Å². The van der Waals surface area contributed by atoms with Crippen LogP contribution in [0.5, 0.6) is 5.75 Å². The molecule has 5 heteroatoms. The molecule has 0 fully saturated rings. The Labute approximate surface area is 127 Å². The molecule has 0 saturated heterocycles. The van der Waals surface area contributed by atoms with Gasteiger partial charge in [0.1, 0.15) is 5.75 Å². The topological polar surface area (TPSA) is 67.6 Å². The Morgan fingerprint density at radius 3 is 2.71 bits per heavy atom. The maximum absolute atomic E-state index is 11.9. The zero-order chi connectivity index (χ0) is 15.7. The standard InChI is InChI=1S/C16H27N3O2/c1-4-5-6-10-19(2)11-9-16(20)18-15-8-7-13(21-3)12-14(15)17/h7-8,12H,4-6,9-11,17H2,1-3H3,(H,18,20). The quantitative estimate of drug-likeness (QED) is 0.542. The van der Waals surface area contributed by atoms with Gasteiger partial charge in [-0.25, -0.2) is 0 Å². The first kappa shape index (κ1) is 17.3. The van der Waals surface area contributed by atoms with Crippen LogP contribution in [0.15, 0.2) is 18.2 Å². The number of amides is 1. The molecule has 0 saturated carbocycles. The number of carbonyl (C=O) groups is 1. The summed E-state index contributed by atoms with van der Waals surface area (Å²) in [5.41, 5.74) is 7.02. The molecule has 0 heterocycles. The second-order valence-electron chi connectivity index (χ2n) is 5.26. The lowest BCUT2D eigenvalue weighted by molar-refractivity contribution is -0.116. The van der Waals surface area contributed by atoms with Crippen molar-refractivity contribution in [1.29, 1.82) is 0 Å². The molecule has 1 amide bonds. The molecule has 1 rings (SSSR count). The van der Waals surface area contributed by atoms with E-state index in [1.807, 2.05) is 7.05 Å². The molecule has 3 N–H and O–H groups in total. The molecule has 118 valence electrons. The number of methoxy groups -OCH3 is 1. The molecular weight excluding hydrogens is 266 g/mol. The van der Waals surface area contributed by atoms with E-state index >= 15 is 0 Å². The first-order valence-corrected chi connectivity index (χ1v) is 7.48. The first-order chi connectivity index (χ1) is 10.1. The van der Waals surface area contributed by atoms with Gasteiger partial charge in [0.25, 0.3) is 0 Å². The number of nitrogen functional groups attached to an aromatic ring is 1. The van der Waals surface area contributed by atoms with Gasteiger partial charge in [0.2, 0.25) is 5.91 Å². The van der Waals surface area contributed by atoms with Gasteiger partial charge in [-0.1, -0.05) is 19.8 Å². The van der Waals surface area contributed by atoms with Crippen molar-refractivity contribution in [1.82, 2.24) is 4.90 Å². The number of hydrogen-bond donors (Lipinski definition) is 2. The monoisotopic (exact) mass is 293 g/mol. The highest BCUT2D eigenvalue weighted by atomic mass is 16.5. The summed E-state index contributed by atoms with van der Waals surface area (Å²) < 4.78 is 5.08. The Kier molecular flexibility index (Phi) is 7.61. The van der Waals surface area contributed by atoms with Gasteiger partial charge in [-0.3, -0.25) is 4.79 Å². The van der Waals surface area contributed by atoms with Gasteiger partial charge in [-0.15, -0.1) is 0 Å². The van der Waals surface area contributed by atoms with E-state index in [0.717, 1.165) is 13.1 Å². The van der Waals surface area contributed by atoms with E-state index in [-0.39, 0.29) is 5.91 Å². The molecule has 1 aromatic rings. The summed E-state index contributed by atoms with van der Waals surface area (Å²) in [6.07, 6.45) is 4.10. The van der Waals surface area contributed by atoms with Gasteiger partial charge >= 0.3 is 0 Å². The highest BCUT2D eigenvalue weighted by Crippen LogP contribution is 2.24. The summed E-state index contributed by atoms with van der Waals surface area (Å²) in [4.78, 5) is 14.1. The number of benzene rings is 1. The van der Waals surface area contributed by atoms with E-state index in [0.29, 0.717) is 23.5 Å². The normalized spacial score (nSPS) is 10.7. The molecule has 5 nitrogen and oxygen atoms in total. The molecule has 0 aliphatic rings. The highest BCUT2D eigenvalue weighted by Gasteiger charge is 2.07. The van der Waals surface area contributed by atoms with Crippen molar-refractivity contribution >= 4 is 17.3 Å². The third-order valence-electron chi connectivity index (χ3n) is 3.40. The third kappa shape index (κ3) is 6.49. The number of hydrogen-bond acceptors (Lipinski definition) is 4. The molecule has 0 radical (unpaired) electrons. The fourth-order valence-electron chi connectivity index (χ4n) is 2.03. The van der Waals surface area contributed by atoms with Crippen LogP contribution in [0.25, 0.3) is 0 Å².